The molecule has 0 aromatic rings. The number of quaternary nitrogens is 1. The minimum Gasteiger partial charge on any atom is -0.462 e. The van der Waals surface area contributed by atoms with Crippen molar-refractivity contribution in [1.29, 1.82) is 0 Å². The summed E-state index contributed by atoms with van der Waals surface area (Å²) in [6.45, 7) is 4.29. The molecule has 0 radical (unpaired) electrons. The molecule has 0 saturated heterocycles. The van der Waals surface area contributed by atoms with Crippen LogP contribution in [-0.2, 0) is 32.7 Å². The maximum absolute atomic E-state index is 12.7. The van der Waals surface area contributed by atoms with Crippen LogP contribution < -0.4 is 0 Å². The van der Waals surface area contributed by atoms with Gasteiger partial charge in [-0.25, -0.2) is 4.57 Å². The van der Waals surface area contributed by atoms with Gasteiger partial charge in [-0.05, 0) is 51.4 Å². The van der Waals surface area contributed by atoms with E-state index in [0.717, 1.165) is 83.5 Å². The van der Waals surface area contributed by atoms with E-state index in [1.54, 1.807) is 0 Å². The van der Waals surface area contributed by atoms with Gasteiger partial charge in [0.15, 0.2) is 6.10 Å². The highest BCUT2D eigenvalue weighted by atomic mass is 31.2. The molecular weight excluding hydrogens is 725 g/mol. The number of nitrogens with zero attached hydrogens (tertiary/aromatic N) is 1. The van der Waals surface area contributed by atoms with E-state index in [0.29, 0.717) is 17.4 Å². The Balaban J connectivity index is 4.37. The molecule has 2 atom stereocenters. The highest BCUT2D eigenvalue weighted by Gasteiger charge is 2.27. The summed E-state index contributed by atoms with van der Waals surface area (Å²) in [4.78, 5) is 35.4. The fraction of sp³-hybridized carbons (Fsp3) is 0.783. The third kappa shape index (κ3) is 41.6. The van der Waals surface area contributed by atoms with E-state index in [1.807, 2.05) is 21.1 Å². The SMILES string of the molecule is CC/C=C\C/C=C\C/C=C\C/C=C\CCCCCCCCC(=O)OC(COC(=O)CCCCCCCCCCCCCCC)COP(=O)(O)OCC[N+](C)(C)C. The standard InChI is InChI=1S/C46H84NO8P/c1-6-8-10-12-14-16-18-20-21-22-23-24-25-27-29-31-33-35-37-39-46(49)55-44(43-54-56(50,51)53-41-40-47(3,4)5)42-52-45(48)38-36-34-32-30-28-26-19-17-15-13-11-9-7-2/h8,10,14,16,20-21,23-24,44H,6-7,9,11-13,15,17-19,22,25-43H2,1-5H3/p+1/b10-8-,16-14-,21-20-,24-23-. The summed E-state index contributed by atoms with van der Waals surface area (Å²) in [5, 5.41) is 0. The van der Waals surface area contributed by atoms with Crippen molar-refractivity contribution in [3.8, 4) is 0 Å². The summed E-state index contributed by atoms with van der Waals surface area (Å²) in [5.41, 5.74) is 0. The fourth-order valence-corrected chi connectivity index (χ4v) is 6.63. The first kappa shape index (κ1) is 54.0. The van der Waals surface area contributed by atoms with Crippen LogP contribution in [0.4, 0.5) is 0 Å². The van der Waals surface area contributed by atoms with Gasteiger partial charge in [0.2, 0.25) is 0 Å². The quantitative estimate of drug-likeness (QED) is 0.0214. The highest BCUT2D eigenvalue weighted by Crippen LogP contribution is 2.43. The average molecular weight is 811 g/mol. The van der Waals surface area contributed by atoms with Crippen LogP contribution >= 0.6 is 7.82 Å². The molecule has 0 aromatic heterocycles. The van der Waals surface area contributed by atoms with Gasteiger partial charge in [-0.2, -0.15) is 0 Å². The Morgan fingerprint density at radius 1 is 0.571 bits per heavy atom. The molecule has 10 heteroatoms. The number of phosphoric ester groups is 1. The zero-order chi connectivity index (χ0) is 41.4. The van der Waals surface area contributed by atoms with Gasteiger partial charge in [-0.3, -0.25) is 18.6 Å². The molecule has 0 rings (SSSR count). The highest BCUT2D eigenvalue weighted by molar-refractivity contribution is 7.47. The zero-order valence-corrected chi connectivity index (χ0v) is 37.5. The van der Waals surface area contributed by atoms with Crippen LogP contribution in [-0.4, -0.2) is 74.9 Å². The van der Waals surface area contributed by atoms with Crippen molar-refractivity contribution in [3.63, 3.8) is 0 Å². The molecule has 0 bridgehead atoms. The number of carbonyl (C=O) groups is 2. The van der Waals surface area contributed by atoms with E-state index in [1.165, 1.54) is 64.2 Å². The number of allylic oxidation sites excluding steroid dienone is 8. The second-order valence-corrected chi connectivity index (χ2v) is 17.5. The van der Waals surface area contributed by atoms with E-state index >= 15 is 0 Å². The smallest absolute Gasteiger partial charge is 0.462 e. The van der Waals surface area contributed by atoms with Gasteiger partial charge in [0, 0.05) is 12.8 Å². The van der Waals surface area contributed by atoms with Crippen molar-refractivity contribution in [3.05, 3.63) is 48.6 Å². The predicted octanol–water partition coefficient (Wildman–Crippen LogP) is 12.7. The number of rotatable bonds is 40. The number of hydrogen-bond acceptors (Lipinski definition) is 7. The maximum atomic E-state index is 12.7. The number of hydrogen-bond donors (Lipinski definition) is 1. The number of likely N-dealkylation sites (N-methyl/N-ethyl adjacent to an activating group) is 1. The lowest BCUT2D eigenvalue weighted by Crippen LogP contribution is -2.37. The second kappa shape index (κ2) is 38.5. The monoisotopic (exact) mass is 811 g/mol. The van der Waals surface area contributed by atoms with E-state index in [4.69, 9.17) is 18.5 Å². The van der Waals surface area contributed by atoms with Gasteiger partial charge in [0.1, 0.15) is 19.8 Å². The number of phosphoric acid groups is 1. The Bertz CT molecular complexity index is 1100. The van der Waals surface area contributed by atoms with E-state index in [2.05, 4.69) is 62.5 Å². The average Bonchev–Trinajstić information content (AvgIpc) is 3.15. The molecule has 1 N–H and O–H groups in total. The van der Waals surface area contributed by atoms with Crippen molar-refractivity contribution >= 4 is 19.8 Å². The first-order chi connectivity index (χ1) is 27.0. The topological polar surface area (TPSA) is 108 Å². The molecule has 0 heterocycles. The summed E-state index contributed by atoms with van der Waals surface area (Å²) in [7, 11) is 1.46. The summed E-state index contributed by atoms with van der Waals surface area (Å²) >= 11 is 0. The van der Waals surface area contributed by atoms with E-state index < -0.39 is 26.5 Å². The van der Waals surface area contributed by atoms with Gasteiger partial charge in [-0.15, -0.1) is 0 Å². The lowest BCUT2D eigenvalue weighted by molar-refractivity contribution is -0.870. The third-order valence-corrected chi connectivity index (χ3v) is 10.4. The van der Waals surface area contributed by atoms with Crippen molar-refractivity contribution in [2.24, 2.45) is 0 Å². The molecule has 0 aliphatic rings. The fourth-order valence-electron chi connectivity index (χ4n) is 5.89. The largest absolute Gasteiger partial charge is 0.472 e. The van der Waals surface area contributed by atoms with Crippen molar-refractivity contribution < 1.29 is 42.1 Å². The molecule has 2 unspecified atom stereocenters. The summed E-state index contributed by atoms with van der Waals surface area (Å²) in [6.07, 6.45) is 44.4. The Kier molecular flexibility index (Phi) is 37.1. The van der Waals surface area contributed by atoms with Gasteiger partial charge >= 0.3 is 19.8 Å². The van der Waals surface area contributed by atoms with Crippen LogP contribution in [0.2, 0.25) is 0 Å². The molecule has 0 saturated carbocycles. The predicted molar refractivity (Wildman–Crippen MR) is 233 cm³/mol. The third-order valence-electron chi connectivity index (χ3n) is 9.37. The van der Waals surface area contributed by atoms with Gasteiger partial charge < -0.3 is 18.9 Å². The van der Waals surface area contributed by atoms with Crippen LogP contribution in [0.3, 0.4) is 0 Å². The Morgan fingerprint density at radius 3 is 1.52 bits per heavy atom. The first-order valence-corrected chi connectivity index (χ1v) is 23.9. The number of ether oxygens (including phenoxy) is 2. The van der Waals surface area contributed by atoms with E-state index in [-0.39, 0.29) is 32.0 Å². The summed E-state index contributed by atoms with van der Waals surface area (Å²) in [5.74, 6) is -0.813. The minimum absolute atomic E-state index is 0.0281. The molecule has 9 nitrogen and oxygen atoms in total. The number of unbranched alkanes of at least 4 members (excludes halogenated alkanes) is 18. The van der Waals surface area contributed by atoms with Crippen molar-refractivity contribution in [2.75, 3.05) is 47.5 Å². The van der Waals surface area contributed by atoms with Gasteiger partial charge in [0.25, 0.3) is 0 Å². The molecular formula is C46H85NO8P+. The van der Waals surface area contributed by atoms with Gasteiger partial charge in [-0.1, -0.05) is 165 Å². The van der Waals surface area contributed by atoms with Crippen molar-refractivity contribution in [1.82, 2.24) is 0 Å². The maximum Gasteiger partial charge on any atom is 0.472 e. The molecule has 0 aromatic carbocycles. The Labute approximate surface area is 343 Å². The molecule has 0 fully saturated rings. The van der Waals surface area contributed by atoms with Crippen LogP contribution in [0.1, 0.15) is 181 Å². The first-order valence-electron chi connectivity index (χ1n) is 22.4. The molecule has 326 valence electrons. The molecule has 0 amide bonds. The van der Waals surface area contributed by atoms with Crippen molar-refractivity contribution in [2.45, 2.75) is 187 Å². The van der Waals surface area contributed by atoms with Crippen LogP contribution in [0.5, 0.6) is 0 Å². The van der Waals surface area contributed by atoms with E-state index in [9.17, 15) is 19.0 Å². The lowest BCUT2D eigenvalue weighted by Gasteiger charge is -2.24. The zero-order valence-electron chi connectivity index (χ0n) is 36.6. The Morgan fingerprint density at radius 2 is 1.02 bits per heavy atom. The molecule has 56 heavy (non-hydrogen) atoms. The molecule has 0 spiro atoms. The second-order valence-electron chi connectivity index (χ2n) is 16.1. The van der Waals surface area contributed by atoms with Crippen LogP contribution in [0.15, 0.2) is 48.6 Å². The normalized spacial score (nSPS) is 14.0. The van der Waals surface area contributed by atoms with Gasteiger partial charge in [0.05, 0.1) is 27.7 Å². The van der Waals surface area contributed by atoms with Crippen LogP contribution in [0, 0.1) is 0 Å². The lowest BCUT2D eigenvalue weighted by atomic mass is 10.0. The molecule has 0 aliphatic heterocycles. The summed E-state index contributed by atoms with van der Waals surface area (Å²) in [6, 6.07) is 0. The minimum atomic E-state index is -4.38. The Hall–Kier alpha value is -2.03. The number of esters is 2. The van der Waals surface area contributed by atoms with Crippen LogP contribution in [0.25, 0.3) is 0 Å². The summed E-state index contributed by atoms with van der Waals surface area (Å²) < 4.78 is 34.3. The number of carbonyl (C=O) groups excluding carboxylic acids is 2. The molecule has 0 aliphatic carbocycles.